The lowest BCUT2D eigenvalue weighted by Crippen LogP contribution is -2.44. The minimum atomic E-state index is -0.854. The van der Waals surface area contributed by atoms with E-state index in [1.54, 1.807) is 37.2 Å². The standard InChI is InChI=1S/2C22H23N5O.C20H19N5O.C19H29N.C16H25N/c2*1-12(2)26-15(5)27(21-20(26)23-10-11-24-21)18-13(3)6-8-16-17-9-7-14(4)25-22(17)28-19(16)18;1-11-5-7-14-15-8-6-12(2)23-20(15)26-17(14)16(11)25-13(3)24(4)18-19(25)22-10-9-21-18;1-15-10-6-7-11-17(15)20-16(2)19(14-18(20,3)4)12-8-5-9-13-19;1-12-9-7-8-10-14(12)17-13(2)15(3,4)11-16(17,5)6/h2*6-12,15H,1-5H3;5-10,13H,1-4H3;6-7,10-11,16H,5,8-9,12-14H2,1-4H3;7-10,13H,11H2,1-6H3/i2*12D;;;. The number of hydrogen-bond acceptors (Lipinski definition) is 20. The molecule has 5 unspecified atom stereocenters. The molecule has 0 bridgehead atoms. The highest BCUT2D eigenvalue weighted by Crippen LogP contribution is 2.57. The van der Waals surface area contributed by atoms with Gasteiger partial charge < -0.3 is 37.8 Å². The maximum atomic E-state index is 8.67. The average Bonchev–Trinajstić information content (AvgIpc) is 1.59. The van der Waals surface area contributed by atoms with Gasteiger partial charge >= 0.3 is 0 Å². The van der Waals surface area contributed by atoms with E-state index in [9.17, 15) is 0 Å². The number of para-hydroxylation sites is 2. The van der Waals surface area contributed by atoms with E-state index in [1.165, 1.54) is 67.4 Å². The van der Waals surface area contributed by atoms with Gasteiger partial charge in [0.05, 0.1) is 19.8 Å². The molecule has 6 aliphatic rings. The van der Waals surface area contributed by atoms with Crippen LogP contribution in [0.3, 0.4) is 0 Å². The van der Waals surface area contributed by atoms with E-state index in [4.69, 9.17) is 16.0 Å². The van der Waals surface area contributed by atoms with Crippen molar-refractivity contribution in [3.8, 4) is 0 Å². The van der Waals surface area contributed by atoms with Gasteiger partial charge in [-0.1, -0.05) is 106 Å². The predicted octanol–water partition coefficient (Wildman–Crippen LogP) is 24.2. The molecule has 3 fully saturated rings. The van der Waals surface area contributed by atoms with Crippen LogP contribution in [0.5, 0.6) is 0 Å². The third-order valence-electron chi connectivity index (χ3n) is 26.4. The van der Waals surface area contributed by atoms with Crippen molar-refractivity contribution >= 4 is 130 Å². The van der Waals surface area contributed by atoms with Crippen molar-refractivity contribution in [2.45, 2.75) is 258 Å². The van der Waals surface area contributed by atoms with Gasteiger partial charge in [-0.25, -0.2) is 44.9 Å². The Morgan fingerprint density at radius 1 is 0.370 bits per heavy atom. The van der Waals surface area contributed by atoms with Gasteiger partial charge in [0, 0.05) is 140 Å². The fourth-order valence-electron chi connectivity index (χ4n) is 20.9. The van der Waals surface area contributed by atoms with Crippen molar-refractivity contribution in [1.82, 2.24) is 44.9 Å². The molecule has 20 nitrogen and oxygen atoms in total. The summed E-state index contributed by atoms with van der Waals surface area (Å²) < 4.78 is 36.1. The van der Waals surface area contributed by atoms with E-state index < -0.39 is 12.0 Å². The molecule has 2 saturated heterocycles. The third kappa shape index (κ3) is 14.1. The molecular weight excluding hydrogens is 1480 g/mol. The Kier molecular flexibility index (Phi) is 20.6. The van der Waals surface area contributed by atoms with Gasteiger partial charge in [0.2, 0.25) is 17.1 Å². The lowest BCUT2D eigenvalue weighted by atomic mass is 9.68. The minimum Gasteiger partial charge on any atom is -0.435 e. The second kappa shape index (κ2) is 31.1. The molecule has 1 aliphatic carbocycles. The van der Waals surface area contributed by atoms with Gasteiger partial charge in [-0.05, 0) is 258 Å². The molecule has 5 aliphatic heterocycles. The Balaban J connectivity index is 0.000000114. The predicted molar refractivity (Wildman–Crippen MR) is 490 cm³/mol. The first-order valence-electron chi connectivity index (χ1n) is 43.5. The zero-order valence-corrected chi connectivity index (χ0v) is 74.2. The maximum absolute atomic E-state index is 8.67. The van der Waals surface area contributed by atoms with Crippen molar-refractivity contribution in [2.75, 3.05) is 46.2 Å². The normalized spacial score (nSPS) is 20.3. The molecule has 0 amide bonds. The van der Waals surface area contributed by atoms with E-state index in [2.05, 4.69) is 288 Å². The summed E-state index contributed by atoms with van der Waals surface area (Å²) in [7, 11) is 2.04. The molecule has 5 atom stereocenters. The lowest BCUT2D eigenvalue weighted by molar-refractivity contribution is 0.170. The first-order chi connectivity index (χ1) is 57.3. The van der Waals surface area contributed by atoms with Crippen LogP contribution in [0.15, 0.2) is 172 Å². The van der Waals surface area contributed by atoms with Crippen molar-refractivity contribution in [3.63, 3.8) is 0 Å². The lowest BCUT2D eigenvalue weighted by Gasteiger charge is -2.41. The zero-order chi connectivity index (χ0) is 86.2. The molecule has 119 heavy (non-hydrogen) atoms. The fourth-order valence-corrected chi connectivity index (χ4v) is 20.9. The first-order valence-corrected chi connectivity index (χ1v) is 42.5. The summed E-state index contributed by atoms with van der Waals surface area (Å²) in [4.78, 5) is 59.1. The van der Waals surface area contributed by atoms with Crippen LogP contribution < -0.4 is 39.2 Å². The number of pyridine rings is 3. The summed E-state index contributed by atoms with van der Waals surface area (Å²) in [6, 6.07) is 42.0. The summed E-state index contributed by atoms with van der Waals surface area (Å²) >= 11 is 0. The zero-order valence-electron chi connectivity index (χ0n) is 76.2. The average molecular weight is 1600 g/mol. The first kappa shape index (κ1) is 78.7. The van der Waals surface area contributed by atoms with Crippen LogP contribution in [0.2, 0.25) is 0 Å². The van der Waals surface area contributed by atoms with E-state index >= 15 is 0 Å². The Hall–Kier alpha value is -11.4. The smallest absolute Gasteiger partial charge is 0.227 e. The van der Waals surface area contributed by atoms with Crippen LogP contribution in [-0.4, -0.2) is 106 Å². The number of anilines is 11. The van der Waals surface area contributed by atoms with Crippen LogP contribution in [0.25, 0.3) is 66.2 Å². The van der Waals surface area contributed by atoms with E-state index in [0.717, 1.165) is 123 Å². The molecule has 5 aromatic carbocycles. The van der Waals surface area contributed by atoms with Gasteiger partial charge in [0.15, 0.2) is 51.7 Å². The maximum Gasteiger partial charge on any atom is 0.227 e. The molecule has 0 radical (unpaired) electrons. The van der Waals surface area contributed by atoms with Gasteiger partial charge in [-0.3, -0.25) is 14.7 Å². The highest BCUT2D eigenvalue weighted by Gasteiger charge is 2.54. The molecule has 14 aromatic rings. The minimum absolute atomic E-state index is 0.0830. The molecule has 20 rings (SSSR count). The number of aryl methyl sites for hydroxylation is 8. The summed E-state index contributed by atoms with van der Waals surface area (Å²) in [6.07, 6.45) is 19.8. The van der Waals surface area contributed by atoms with Crippen LogP contribution in [0.4, 0.5) is 63.3 Å². The molecule has 9 aromatic heterocycles. The largest absolute Gasteiger partial charge is 0.435 e. The van der Waals surface area contributed by atoms with Crippen LogP contribution in [0, 0.1) is 66.2 Å². The number of hydrogen-bond donors (Lipinski definition) is 0. The highest BCUT2D eigenvalue weighted by atomic mass is 16.3. The summed E-state index contributed by atoms with van der Waals surface area (Å²) in [5.74, 6) is 4.62. The van der Waals surface area contributed by atoms with Gasteiger partial charge in [-0.15, -0.1) is 0 Å². The Morgan fingerprint density at radius 2 is 0.697 bits per heavy atom. The molecule has 14 heterocycles. The third-order valence-corrected chi connectivity index (χ3v) is 26.4. The summed E-state index contributed by atoms with van der Waals surface area (Å²) in [5, 5.41) is 6.14. The molecular formula is C99H119N17O3. The summed E-state index contributed by atoms with van der Waals surface area (Å²) in [5.41, 5.74) is 20.4. The topological polar surface area (TPSA) is 181 Å². The Labute approximate surface area is 704 Å². The van der Waals surface area contributed by atoms with E-state index in [1.807, 2.05) is 83.5 Å². The van der Waals surface area contributed by atoms with Crippen molar-refractivity contribution in [2.24, 2.45) is 10.8 Å². The van der Waals surface area contributed by atoms with E-state index in [-0.39, 0.29) is 29.6 Å². The van der Waals surface area contributed by atoms with Gasteiger partial charge in [0.1, 0.15) is 18.5 Å². The van der Waals surface area contributed by atoms with Crippen molar-refractivity contribution < 1.29 is 16.0 Å². The second-order valence-electron chi connectivity index (χ2n) is 36.5. The number of rotatable bonds is 7. The Morgan fingerprint density at radius 3 is 1.06 bits per heavy atom. The number of aromatic nitrogens is 9. The van der Waals surface area contributed by atoms with Crippen molar-refractivity contribution in [3.05, 3.63) is 203 Å². The fraction of sp³-hybridized carbons (Fsp3) is 0.424. The van der Waals surface area contributed by atoms with Crippen molar-refractivity contribution in [1.29, 1.82) is 0 Å². The number of benzene rings is 5. The van der Waals surface area contributed by atoms with Crippen LogP contribution >= 0.6 is 0 Å². The molecule has 0 N–H and O–H groups in total. The number of furan rings is 3. The summed E-state index contributed by atoms with van der Waals surface area (Å²) in [6.45, 7) is 49.6. The van der Waals surface area contributed by atoms with Crippen LogP contribution in [-0.2, 0) is 0 Å². The number of nitrogens with zero attached hydrogens (tertiary/aromatic N) is 17. The monoisotopic (exact) mass is 1600 g/mol. The molecule has 20 heteroatoms. The quantitative estimate of drug-likeness (QED) is 0.147. The van der Waals surface area contributed by atoms with Crippen LogP contribution in [0.1, 0.15) is 196 Å². The second-order valence-corrected chi connectivity index (χ2v) is 36.5. The van der Waals surface area contributed by atoms with Gasteiger partial charge in [0.25, 0.3) is 0 Å². The van der Waals surface area contributed by atoms with E-state index in [0.29, 0.717) is 51.7 Å². The molecule has 618 valence electrons. The Bertz CT molecular complexity index is 6070. The molecule has 1 spiro atoms. The highest BCUT2D eigenvalue weighted by molar-refractivity contribution is 6.12. The SMILES string of the molecule is Cc1ccc2c(n1)oc1c(N3c4nccnc4N(C)C3C)c(C)ccc12.Cc1ccccc1N1C(C)C(C)(C)CC1(C)C.Cc1ccccc1N1C(C)C2(CCCCC2)CC1(C)C.[2H]C(C)(C)N1c2nccnc2N(c2c(C)ccc3c2oc2nc(C)ccc23)C1C.[2H]C(C)(C)N1c2nccnc2N(c2c(C)ccc3c2oc2nc(C)ccc23)C1C. The number of fused-ring (bicyclic) bond motifs is 12. The van der Waals surface area contributed by atoms with Gasteiger partial charge in [-0.2, -0.15) is 0 Å². The molecule has 1 saturated carbocycles.